The molecule has 0 aromatic heterocycles. The molecule has 0 aromatic carbocycles. The summed E-state index contributed by atoms with van der Waals surface area (Å²) in [5, 5.41) is 20.3. The van der Waals surface area contributed by atoms with Crippen LogP contribution in [0.1, 0.15) is 96.4 Å². The fourth-order valence-corrected chi connectivity index (χ4v) is 5.77. The third kappa shape index (κ3) is 6.27. The molecule has 4 heteroatoms. The van der Waals surface area contributed by atoms with Crippen molar-refractivity contribution in [1.82, 2.24) is 0 Å². The molecule has 0 aliphatic heterocycles. The maximum Gasteiger partial charge on any atom is 0.306 e. The van der Waals surface area contributed by atoms with E-state index in [9.17, 15) is 15.0 Å². The maximum atomic E-state index is 12.1. The summed E-state index contributed by atoms with van der Waals surface area (Å²) >= 11 is 0. The van der Waals surface area contributed by atoms with E-state index in [1.807, 2.05) is 32.9 Å². The number of ether oxygens (including phenoxy) is 1. The molecule has 0 unspecified atom stereocenters. The van der Waals surface area contributed by atoms with E-state index in [-0.39, 0.29) is 17.8 Å². The first-order valence-electron chi connectivity index (χ1n) is 14.0. The predicted octanol–water partition coefficient (Wildman–Crippen LogP) is 6.20. The van der Waals surface area contributed by atoms with Gasteiger partial charge in [-0.05, 0) is 94.1 Å². The molecule has 2 N–H and O–H groups in total. The van der Waals surface area contributed by atoms with Gasteiger partial charge < -0.3 is 14.9 Å². The molecule has 3 rings (SSSR count). The Morgan fingerprint density at radius 1 is 1.39 bits per heavy atom. The molecule has 0 heterocycles. The van der Waals surface area contributed by atoms with Crippen molar-refractivity contribution in [3.63, 3.8) is 0 Å². The Morgan fingerprint density at radius 2 is 2.15 bits per heavy atom. The van der Waals surface area contributed by atoms with Crippen LogP contribution in [0.15, 0.2) is 47.1 Å². The zero-order valence-electron chi connectivity index (χ0n) is 23.8. The number of aliphatic hydroxyl groups excluding tert-OH is 2. The van der Waals surface area contributed by atoms with Gasteiger partial charge in [-0.2, -0.15) is 0 Å². The quantitative estimate of drug-likeness (QED) is 0.367. The number of hydrogen-bond acceptors (Lipinski definition) is 4. The van der Waals surface area contributed by atoms with E-state index < -0.39 is 30.1 Å². The Bertz CT molecular complexity index is 937. The average Bonchev–Trinajstić information content (AvgIpc) is 3.15. The van der Waals surface area contributed by atoms with E-state index in [0.29, 0.717) is 44.1 Å². The lowest BCUT2D eigenvalue weighted by Crippen LogP contribution is -2.32. The second-order valence-electron chi connectivity index (χ2n) is 11.2. The van der Waals surface area contributed by atoms with Crippen LogP contribution in [0.3, 0.4) is 0 Å². The van der Waals surface area contributed by atoms with Gasteiger partial charge in [0.25, 0.3) is 0 Å². The van der Waals surface area contributed by atoms with Gasteiger partial charge in [-0.15, -0.1) is 0 Å². The zero-order chi connectivity index (χ0) is 26.9. The molecule has 184 valence electrons. The minimum atomic E-state index is -2.13. The molecule has 0 bridgehead atoms. The van der Waals surface area contributed by atoms with Crippen LogP contribution in [0.2, 0.25) is 0 Å². The number of fused-ring (bicyclic) bond motifs is 1. The lowest BCUT2D eigenvalue weighted by molar-refractivity contribution is -0.154. The Balaban J connectivity index is 1.79. The van der Waals surface area contributed by atoms with Crippen LogP contribution in [0.4, 0.5) is 0 Å². The van der Waals surface area contributed by atoms with E-state index in [1.54, 1.807) is 0 Å². The summed E-state index contributed by atoms with van der Waals surface area (Å²) in [5.74, 6) is -0.237. The molecule has 3 aliphatic carbocycles. The highest BCUT2D eigenvalue weighted by atomic mass is 16.6. The second-order valence-corrected chi connectivity index (χ2v) is 11.2. The zero-order valence-corrected chi connectivity index (χ0v) is 20.8. The van der Waals surface area contributed by atoms with Gasteiger partial charge in [0.15, 0.2) is 0 Å². The van der Waals surface area contributed by atoms with E-state index in [4.69, 9.17) is 8.85 Å². The number of esters is 1. The molecule has 0 radical (unpaired) electrons. The highest BCUT2D eigenvalue weighted by molar-refractivity contribution is 5.69. The summed E-state index contributed by atoms with van der Waals surface area (Å²) in [6, 6.07) is 0. The van der Waals surface area contributed by atoms with Crippen LogP contribution in [-0.4, -0.2) is 34.0 Å². The van der Waals surface area contributed by atoms with E-state index >= 15 is 0 Å². The lowest BCUT2D eigenvalue weighted by Gasteiger charge is -2.42. The SMILES string of the molecule is [2H]C([2H])([2H])[C@]12CCC/C(=C\C=C3\C[C@H](O)C[C@H](O)C3=C)[C@@H]1CC=C2[C@@H](C)CCCC(=O)OC(C)(C)C. The minimum absolute atomic E-state index is 0.0685. The Labute approximate surface area is 204 Å². The number of carbonyl (C=O) groups excluding carboxylic acids is 1. The summed E-state index contributed by atoms with van der Waals surface area (Å²) in [4.78, 5) is 12.1. The normalized spacial score (nSPS) is 35.5. The first-order valence-corrected chi connectivity index (χ1v) is 12.5. The topological polar surface area (TPSA) is 66.8 Å². The van der Waals surface area contributed by atoms with Crippen molar-refractivity contribution < 1.29 is 23.9 Å². The van der Waals surface area contributed by atoms with Gasteiger partial charge in [-0.25, -0.2) is 0 Å². The number of allylic oxidation sites excluding steroid dienone is 5. The van der Waals surface area contributed by atoms with Crippen LogP contribution in [0.25, 0.3) is 0 Å². The molecule has 0 spiro atoms. The van der Waals surface area contributed by atoms with E-state index in [2.05, 4.69) is 19.6 Å². The summed E-state index contributed by atoms with van der Waals surface area (Å²) in [6.45, 7) is 9.53. The number of rotatable bonds is 6. The second kappa shape index (κ2) is 10.3. The largest absolute Gasteiger partial charge is 0.460 e. The average molecular weight is 460 g/mol. The molecule has 0 saturated heterocycles. The Kier molecular flexibility index (Phi) is 6.83. The molecule has 0 amide bonds. The summed E-state index contributed by atoms with van der Waals surface area (Å²) in [7, 11) is 0. The molecule has 3 aliphatic rings. The van der Waals surface area contributed by atoms with Crippen molar-refractivity contribution in [2.24, 2.45) is 17.3 Å². The minimum Gasteiger partial charge on any atom is -0.460 e. The molecular formula is C29H44O4. The van der Waals surface area contributed by atoms with Crippen molar-refractivity contribution in [3.8, 4) is 0 Å². The number of aliphatic hydroxyl groups is 2. The third-order valence-corrected chi connectivity index (χ3v) is 7.40. The summed E-state index contributed by atoms with van der Waals surface area (Å²) in [5.41, 5.74) is 2.22. The molecule has 0 aromatic rings. The van der Waals surface area contributed by atoms with Gasteiger partial charge in [-0.3, -0.25) is 4.79 Å². The van der Waals surface area contributed by atoms with Crippen LogP contribution >= 0.6 is 0 Å². The molecule has 33 heavy (non-hydrogen) atoms. The lowest BCUT2D eigenvalue weighted by atomic mass is 9.62. The molecule has 2 saturated carbocycles. The predicted molar refractivity (Wildman–Crippen MR) is 134 cm³/mol. The number of hydrogen-bond donors (Lipinski definition) is 2. The fraction of sp³-hybridized carbons (Fsp3) is 0.690. The molecule has 4 nitrogen and oxygen atoms in total. The fourth-order valence-electron chi connectivity index (χ4n) is 5.77. The van der Waals surface area contributed by atoms with Gasteiger partial charge >= 0.3 is 5.97 Å². The third-order valence-electron chi connectivity index (χ3n) is 7.40. The highest BCUT2D eigenvalue weighted by Crippen LogP contribution is 2.57. The van der Waals surface area contributed by atoms with Crippen molar-refractivity contribution >= 4 is 5.97 Å². The van der Waals surface area contributed by atoms with Crippen molar-refractivity contribution in [2.45, 2.75) is 110 Å². The Hall–Kier alpha value is -1.65. The maximum absolute atomic E-state index is 12.1. The highest BCUT2D eigenvalue weighted by Gasteiger charge is 2.45. The smallest absolute Gasteiger partial charge is 0.306 e. The Morgan fingerprint density at radius 3 is 2.85 bits per heavy atom. The van der Waals surface area contributed by atoms with Crippen LogP contribution < -0.4 is 0 Å². The van der Waals surface area contributed by atoms with Gasteiger partial charge in [0, 0.05) is 17.0 Å². The molecule has 2 fully saturated rings. The first-order chi connectivity index (χ1) is 16.7. The van der Waals surface area contributed by atoms with Gasteiger partial charge in [0.2, 0.25) is 0 Å². The van der Waals surface area contributed by atoms with Crippen molar-refractivity contribution in [3.05, 3.63) is 47.1 Å². The monoisotopic (exact) mass is 459 g/mol. The molecular weight excluding hydrogens is 412 g/mol. The van der Waals surface area contributed by atoms with E-state index in [1.165, 1.54) is 0 Å². The standard InChI is InChI=1S/C29H44O4/c1-19(9-7-11-27(32)33-28(3,4)5)24-14-15-25-21(10-8-16-29(24,25)6)12-13-22-17-23(30)18-26(31)20(22)2/h12-14,19,23,25-26,30-31H,2,7-11,15-18H2,1,3-6H3/b21-12+,22-13-/t19-,23-,25-,26-,29+/m0/s1/i6D3. The molecule has 5 atom stereocenters. The summed E-state index contributed by atoms with van der Waals surface area (Å²) in [6.07, 6.45) is 10.2. The van der Waals surface area contributed by atoms with Gasteiger partial charge in [-0.1, -0.05) is 49.7 Å². The van der Waals surface area contributed by atoms with Gasteiger partial charge in [0.1, 0.15) is 5.60 Å². The van der Waals surface area contributed by atoms with E-state index in [0.717, 1.165) is 36.0 Å². The van der Waals surface area contributed by atoms with Crippen LogP contribution in [0.5, 0.6) is 0 Å². The van der Waals surface area contributed by atoms with Crippen molar-refractivity contribution in [1.29, 1.82) is 0 Å². The van der Waals surface area contributed by atoms with Crippen LogP contribution in [-0.2, 0) is 9.53 Å². The van der Waals surface area contributed by atoms with Crippen molar-refractivity contribution in [2.75, 3.05) is 0 Å². The summed E-state index contributed by atoms with van der Waals surface area (Å²) < 4.78 is 31.3. The van der Waals surface area contributed by atoms with Gasteiger partial charge in [0.05, 0.1) is 12.2 Å². The number of carbonyl (C=O) groups is 1. The first kappa shape index (κ1) is 21.9. The van der Waals surface area contributed by atoms with Crippen LogP contribution in [0, 0.1) is 17.3 Å².